The summed E-state index contributed by atoms with van der Waals surface area (Å²) in [6, 6.07) is 4.06. The van der Waals surface area contributed by atoms with Crippen LogP contribution in [0.3, 0.4) is 0 Å². The predicted molar refractivity (Wildman–Crippen MR) is 77.4 cm³/mol. The van der Waals surface area contributed by atoms with E-state index in [1.165, 1.54) is 0 Å². The standard InChI is InChI=1S/C14H25N3O2/c1-12(15)13-5-6-14(16-11-13)17(8-10-19-3)7-4-9-18-2/h5-6,11-12H,4,7-10,15H2,1-3H3/t12-/m1/s1. The lowest BCUT2D eigenvalue weighted by atomic mass is 10.1. The summed E-state index contributed by atoms with van der Waals surface area (Å²) in [5.74, 6) is 0.956. The Balaban J connectivity index is 2.66. The van der Waals surface area contributed by atoms with Gasteiger partial charge in [0.05, 0.1) is 6.61 Å². The summed E-state index contributed by atoms with van der Waals surface area (Å²) in [5.41, 5.74) is 6.88. The Morgan fingerprint density at radius 2 is 1.95 bits per heavy atom. The van der Waals surface area contributed by atoms with Gasteiger partial charge in [0.2, 0.25) is 0 Å². The van der Waals surface area contributed by atoms with Crippen LogP contribution in [0.15, 0.2) is 18.3 Å². The number of hydrogen-bond donors (Lipinski definition) is 1. The van der Waals surface area contributed by atoms with Crippen molar-refractivity contribution in [2.24, 2.45) is 5.73 Å². The topological polar surface area (TPSA) is 60.6 Å². The number of rotatable bonds is 9. The van der Waals surface area contributed by atoms with Crippen molar-refractivity contribution < 1.29 is 9.47 Å². The molecule has 1 atom stereocenters. The molecular weight excluding hydrogens is 242 g/mol. The van der Waals surface area contributed by atoms with Gasteiger partial charge in [-0.2, -0.15) is 0 Å². The van der Waals surface area contributed by atoms with E-state index in [0.29, 0.717) is 6.61 Å². The van der Waals surface area contributed by atoms with E-state index in [0.717, 1.165) is 37.5 Å². The van der Waals surface area contributed by atoms with Gasteiger partial charge in [0.25, 0.3) is 0 Å². The molecule has 1 rings (SSSR count). The second-order valence-corrected chi connectivity index (χ2v) is 4.56. The third kappa shape index (κ3) is 5.55. The molecule has 0 amide bonds. The maximum absolute atomic E-state index is 5.83. The van der Waals surface area contributed by atoms with Crippen LogP contribution >= 0.6 is 0 Å². The number of pyridine rings is 1. The van der Waals surface area contributed by atoms with Crippen LogP contribution in [0.2, 0.25) is 0 Å². The minimum Gasteiger partial charge on any atom is -0.385 e. The molecule has 2 N–H and O–H groups in total. The smallest absolute Gasteiger partial charge is 0.128 e. The lowest BCUT2D eigenvalue weighted by Gasteiger charge is -2.23. The van der Waals surface area contributed by atoms with Gasteiger partial charge in [-0.05, 0) is 25.0 Å². The fourth-order valence-corrected chi connectivity index (χ4v) is 1.80. The molecule has 0 aliphatic rings. The highest BCUT2D eigenvalue weighted by Crippen LogP contribution is 2.15. The number of ether oxygens (including phenoxy) is 2. The first kappa shape index (κ1) is 15.9. The molecule has 19 heavy (non-hydrogen) atoms. The number of nitrogens with two attached hydrogens (primary N) is 1. The fraction of sp³-hybridized carbons (Fsp3) is 0.643. The molecule has 0 radical (unpaired) electrons. The van der Waals surface area contributed by atoms with Gasteiger partial charge < -0.3 is 20.1 Å². The van der Waals surface area contributed by atoms with Crippen LogP contribution in [-0.4, -0.2) is 45.5 Å². The van der Waals surface area contributed by atoms with Crippen molar-refractivity contribution in [2.75, 3.05) is 45.4 Å². The molecule has 1 heterocycles. The maximum Gasteiger partial charge on any atom is 0.128 e. The molecule has 5 heteroatoms. The summed E-state index contributed by atoms with van der Waals surface area (Å²) in [6.07, 6.45) is 2.81. The van der Waals surface area contributed by atoms with Crippen LogP contribution < -0.4 is 10.6 Å². The highest BCUT2D eigenvalue weighted by molar-refractivity contribution is 5.39. The molecule has 0 aliphatic heterocycles. The molecule has 0 saturated carbocycles. The van der Waals surface area contributed by atoms with Gasteiger partial charge in [-0.1, -0.05) is 6.07 Å². The van der Waals surface area contributed by atoms with Crippen LogP contribution in [0, 0.1) is 0 Å². The van der Waals surface area contributed by atoms with E-state index in [-0.39, 0.29) is 6.04 Å². The van der Waals surface area contributed by atoms with Crippen molar-refractivity contribution in [3.05, 3.63) is 23.9 Å². The van der Waals surface area contributed by atoms with Crippen LogP contribution in [0.5, 0.6) is 0 Å². The number of anilines is 1. The van der Waals surface area contributed by atoms with Gasteiger partial charge in [0, 0.05) is 46.2 Å². The van der Waals surface area contributed by atoms with Crippen molar-refractivity contribution in [3.8, 4) is 0 Å². The molecule has 0 saturated heterocycles. The molecule has 1 aromatic rings. The van der Waals surface area contributed by atoms with Crippen molar-refractivity contribution in [1.82, 2.24) is 4.98 Å². The number of hydrogen-bond acceptors (Lipinski definition) is 5. The molecule has 108 valence electrons. The zero-order valence-corrected chi connectivity index (χ0v) is 12.1. The van der Waals surface area contributed by atoms with Crippen molar-refractivity contribution >= 4 is 5.82 Å². The van der Waals surface area contributed by atoms with Gasteiger partial charge in [0.15, 0.2) is 0 Å². The number of aromatic nitrogens is 1. The Kier molecular flexibility index (Phi) is 7.40. The zero-order valence-electron chi connectivity index (χ0n) is 12.1. The molecule has 1 aromatic heterocycles. The average molecular weight is 267 g/mol. The summed E-state index contributed by atoms with van der Waals surface area (Å²) in [6.45, 7) is 5.12. The van der Waals surface area contributed by atoms with E-state index in [1.54, 1.807) is 14.2 Å². The van der Waals surface area contributed by atoms with Crippen molar-refractivity contribution in [3.63, 3.8) is 0 Å². The quantitative estimate of drug-likeness (QED) is 0.688. The Hall–Kier alpha value is -1.17. The summed E-state index contributed by atoms with van der Waals surface area (Å²) < 4.78 is 10.2. The van der Waals surface area contributed by atoms with E-state index in [9.17, 15) is 0 Å². The van der Waals surface area contributed by atoms with E-state index < -0.39 is 0 Å². The molecular formula is C14H25N3O2. The van der Waals surface area contributed by atoms with Crippen LogP contribution in [-0.2, 0) is 9.47 Å². The zero-order chi connectivity index (χ0) is 14.1. The first-order valence-corrected chi connectivity index (χ1v) is 6.63. The second-order valence-electron chi connectivity index (χ2n) is 4.56. The van der Waals surface area contributed by atoms with Gasteiger partial charge in [-0.3, -0.25) is 0 Å². The normalized spacial score (nSPS) is 12.4. The SMILES string of the molecule is COCCCN(CCOC)c1ccc([C@@H](C)N)cn1. The molecule has 5 nitrogen and oxygen atoms in total. The molecule has 0 aromatic carbocycles. The molecule has 0 unspecified atom stereocenters. The van der Waals surface area contributed by atoms with Crippen molar-refractivity contribution in [1.29, 1.82) is 0 Å². The Bertz CT molecular complexity index is 341. The first-order valence-electron chi connectivity index (χ1n) is 6.63. The van der Waals surface area contributed by atoms with E-state index in [1.807, 2.05) is 25.3 Å². The van der Waals surface area contributed by atoms with Crippen molar-refractivity contribution in [2.45, 2.75) is 19.4 Å². The summed E-state index contributed by atoms with van der Waals surface area (Å²) >= 11 is 0. The van der Waals surface area contributed by atoms with E-state index in [4.69, 9.17) is 15.2 Å². The minimum atomic E-state index is 0.0162. The lowest BCUT2D eigenvalue weighted by molar-refractivity contribution is 0.191. The van der Waals surface area contributed by atoms with Crippen LogP contribution in [0.1, 0.15) is 24.9 Å². The van der Waals surface area contributed by atoms with Gasteiger partial charge in [-0.15, -0.1) is 0 Å². The third-order valence-corrected chi connectivity index (χ3v) is 2.96. The predicted octanol–water partition coefficient (Wildman–Crippen LogP) is 1.59. The first-order chi connectivity index (χ1) is 9.19. The van der Waals surface area contributed by atoms with Crippen LogP contribution in [0.4, 0.5) is 5.82 Å². The monoisotopic (exact) mass is 267 g/mol. The lowest BCUT2D eigenvalue weighted by Crippen LogP contribution is -2.29. The number of nitrogens with zero attached hydrogens (tertiary/aromatic N) is 2. The Labute approximate surface area is 115 Å². The summed E-state index contributed by atoms with van der Waals surface area (Å²) in [5, 5.41) is 0. The van der Waals surface area contributed by atoms with Gasteiger partial charge >= 0.3 is 0 Å². The maximum atomic E-state index is 5.83. The highest BCUT2D eigenvalue weighted by Gasteiger charge is 2.08. The largest absolute Gasteiger partial charge is 0.385 e. The van der Waals surface area contributed by atoms with Gasteiger partial charge in [-0.25, -0.2) is 4.98 Å². The second kappa shape index (κ2) is 8.85. The molecule has 0 bridgehead atoms. The van der Waals surface area contributed by atoms with E-state index >= 15 is 0 Å². The van der Waals surface area contributed by atoms with Gasteiger partial charge in [0.1, 0.15) is 5.82 Å². The number of methoxy groups -OCH3 is 2. The Morgan fingerprint density at radius 3 is 2.47 bits per heavy atom. The molecule has 0 spiro atoms. The minimum absolute atomic E-state index is 0.0162. The highest BCUT2D eigenvalue weighted by atomic mass is 16.5. The average Bonchev–Trinajstić information content (AvgIpc) is 2.43. The molecule has 0 fully saturated rings. The summed E-state index contributed by atoms with van der Waals surface area (Å²) in [4.78, 5) is 6.68. The van der Waals surface area contributed by atoms with E-state index in [2.05, 4.69) is 9.88 Å². The Morgan fingerprint density at radius 1 is 1.21 bits per heavy atom. The fourth-order valence-electron chi connectivity index (χ4n) is 1.80. The summed E-state index contributed by atoms with van der Waals surface area (Å²) in [7, 11) is 3.43. The van der Waals surface area contributed by atoms with Crippen LogP contribution in [0.25, 0.3) is 0 Å². The molecule has 0 aliphatic carbocycles. The third-order valence-electron chi connectivity index (χ3n) is 2.96.